The third-order valence-corrected chi connectivity index (χ3v) is 3.42. The maximum atomic E-state index is 11.5. The molecule has 3 rings (SSSR count). The van der Waals surface area contributed by atoms with Gasteiger partial charge in [0, 0.05) is 18.2 Å². The van der Waals surface area contributed by atoms with Gasteiger partial charge in [0.15, 0.2) is 5.75 Å². The number of carboxylic acids is 1. The van der Waals surface area contributed by atoms with Gasteiger partial charge in [0.1, 0.15) is 11.7 Å². The first kappa shape index (κ1) is 12.9. The van der Waals surface area contributed by atoms with Crippen LogP contribution >= 0.6 is 0 Å². The lowest BCUT2D eigenvalue weighted by molar-refractivity contribution is 0.0248. The van der Waals surface area contributed by atoms with Crippen molar-refractivity contribution < 1.29 is 19.4 Å². The molecule has 0 bridgehead atoms. The number of para-hydroxylation sites is 1. The van der Waals surface area contributed by atoms with Gasteiger partial charge in [-0.1, -0.05) is 18.2 Å². The molecule has 1 aliphatic rings. The number of nitrogens with zero attached hydrogens (tertiary/aromatic N) is 1. The molecule has 0 atom stereocenters. The molecule has 0 unspecified atom stereocenters. The number of hydrogen-bond acceptors (Lipinski definition) is 4. The van der Waals surface area contributed by atoms with Crippen LogP contribution in [0.5, 0.6) is 5.75 Å². The van der Waals surface area contributed by atoms with Crippen LogP contribution in [0.2, 0.25) is 0 Å². The van der Waals surface area contributed by atoms with E-state index in [9.17, 15) is 9.90 Å². The van der Waals surface area contributed by atoms with Crippen molar-refractivity contribution in [1.82, 2.24) is 4.98 Å². The number of carbonyl (C=O) groups is 1. The standard InChI is InChI=1S/C15H15NO4/c17-15(18)14-11-3-1-2-4-12(11)16-9-13(14)20-10-5-7-19-8-6-10/h1-4,9-10H,5-8H2,(H,17,18). The lowest BCUT2D eigenvalue weighted by Crippen LogP contribution is -2.26. The monoisotopic (exact) mass is 273 g/mol. The van der Waals surface area contributed by atoms with Crippen molar-refractivity contribution >= 4 is 16.9 Å². The molecule has 1 aromatic carbocycles. The zero-order valence-electron chi connectivity index (χ0n) is 10.9. The Morgan fingerprint density at radius 1 is 1.30 bits per heavy atom. The molecule has 20 heavy (non-hydrogen) atoms. The Hall–Kier alpha value is -2.14. The highest BCUT2D eigenvalue weighted by molar-refractivity contribution is 6.04. The normalized spacial score (nSPS) is 16.2. The van der Waals surface area contributed by atoms with E-state index in [1.807, 2.05) is 6.07 Å². The van der Waals surface area contributed by atoms with Crippen molar-refractivity contribution in [3.8, 4) is 5.75 Å². The molecule has 0 amide bonds. The number of aromatic carboxylic acids is 1. The molecule has 1 aliphatic heterocycles. The van der Waals surface area contributed by atoms with Crippen LogP contribution in [0.25, 0.3) is 10.9 Å². The van der Waals surface area contributed by atoms with Crippen molar-refractivity contribution in [1.29, 1.82) is 0 Å². The van der Waals surface area contributed by atoms with Gasteiger partial charge in [0.25, 0.3) is 0 Å². The molecule has 5 heteroatoms. The van der Waals surface area contributed by atoms with Crippen LogP contribution in [0, 0.1) is 0 Å². The van der Waals surface area contributed by atoms with E-state index in [1.54, 1.807) is 18.2 Å². The van der Waals surface area contributed by atoms with Gasteiger partial charge in [-0.25, -0.2) is 4.79 Å². The SMILES string of the molecule is O=C(O)c1c(OC2CCOCC2)cnc2ccccc12. The molecule has 1 N–H and O–H groups in total. The van der Waals surface area contributed by atoms with Gasteiger partial charge in [0.05, 0.1) is 24.9 Å². The molecular formula is C15H15NO4. The summed E-state index contributed by atoms with van der Waals surface area (Å²) in [5, 5.41) is 10.1. The van der Waals surface area contributed by atoms with E-state index in [-0.39, 0.29) is 11.7 Å². The summed E-state index contributed by atoms with van der Waals surface area (Å²) in [6, 6.07) is 7.18. The molecule has 104 valence electrons. The Morgan fingerprint density at radius 2 is 2.05 bits per heavy atom. The minimum absolute atomic E-state index is 0.00943. The van der Waals surface area contributed by atoms with Gasteiger partial charge in [0.2, 0.25) is 0 Å². The van der Waals surface area contributed by atoms with Crippen molar-refractivity contribution in [3.05, 3.63) is 36.0 Å². The summed E-state index contributed by atoms with van der Waals surface area (Å²) in [6.07, 6.45) is 3.03. The minimum Gasteiger partial charge on any atom is -0.488 e. The fourth-order valence-electron chi connectivity index (χ4n) is 2.41. The van der Waals surface area contributed by atoms with Crippen LogP contribution in [0.15, 0.2) is 30.5 Å². The van der Waals surface area contributed by atoms with E-state index in [2.05, 4.69) is 4.98 Å². The Balaban J connectivity index is 2.01. The maximum Gasteiger partial charge on any atom is 0.340 e. The average Bonchev–Trinajstić information content (AvgIpc) is 2.47. The molecule has 2 aromatic rings. The summed E-state index contributed by atoms with van der Waals surface area (Å²) in [5.74, 6) is -0.659. The zero-order chi connectivity index (χ0) is 13.9. The number of aromatic nitrogens is 1. The van der Waals surface area contributed by atoms with Crippen LogP contribution in [0.4, 0.5) is 0 Å². The quantitative estimate of drug-likeness (QED) is 0.930. The van der Waals surface area contributed by atoms with Crippen molar-refractivity contribution in [3.63, 3.8) is 0 Å². The van der Waals surface area contributed by atoms with E-state index in [0.29, 0.717) is 29.9 Å². The Kier molecular flexibility index (Phi) is 3.52. The van der Waals surface area contributed by atoms with Gasteiger partial charge in [-0.15, -0.1) is 0 Å². The highest BCUT2D eigenvalue weighted by Crippen LogP contribution is 2.28. The molecule has 2 heterocycles. The fraction of sp³-hybridized carbons (Fsp3) is 0.333. The van der Waals surface area contributed by atoms with Crippen molar-refractivity contribution in [2.24, 2.45) is 0 Å². The van der Waals surface area contributed by atoms with Crippen LogP contribution < -0.4 is 4.74 Å². The molecule has 5 nitrogen and oxygen atoms in total. The predicted octanol–water partition coefficient (Wildman–Crippen LogP) is 2.49. The summed E-state index contributed by atoms with van der Waals surface area (Å²) >= 11 is 0. The Bertz CT molecular complexity index is 635. The summed E-state index contributed by atoms with van der Waals surface area (Å²) in [7, 11) is 0. The smallest absolute Gasteiger partial charge is 0.340 e. The lowest BCUT2D eigenvalue weighted by Gasteiger charge is -2.24. The van der Waals surface area contributed by atoms with Crippen LogP contribution in [-0.4, -0.2) is 35.4 Å². The lowest BCUT2D eigenvalue weighted by atomic mass is 10.1. The van der Waals surface area contributed by atoms with Crippen molar-refractivity contribution in [2.45, 2.75) is 18.9 Å². The van der Waals surface area contributed by atoms with Crippen LogP contribution in [0.3, 0.4) is 0 Å². The van der Waals surface area contributed by atoms with Gasteiger partial charge in [-0.2, -0.15) is 0 Å². The number of fused-ring (bicyclic) bond motifs is 1. The largest absolute Gasteiger partial charge is 0.488 e. The first-order valence-corrected chi connectivity index (χ1v) is 6.61. The highest BCUT2D eigenvalue weighted by Gasteiger charge is 2.21. The second-order valence-corrected chi connectivity index (χ2v) is 4.75. The van der Waals surface area contributed by atoms with E-state index in [0.717, 1.165) is 12.8 Å². The van der Waals surface area contributed by atoms with E-state index < -0.39 is 5.97 Å². The molecule has 0 spiro atoms. The number of carboxylic acid groups (broad SMARTS) is 1. The third kappa shape index (κ3) is 2.44. The van der Waals surface area contributed by atoms with E-state index >= 15 is 0 Å². The molecule has 1 fully saturated rings. The number of benzene rings is 1. The van der Waals surface area contributed by atoms with Crippen LogP contribution in [-0.2, 0) is 4.74 Å². The zero-order valence-corrected chi connectivity index (χ0v) is 10.9. The van der Waals surface area contributed by atoms with E-state index in [4.69, 9.17) is 9.47 Å². The average molecular weight is 273 g/mol. The van der Waals surface area contributed by atoms with Gasteiger partial charge < -0.3 is 14.6 Å². The first-order chi connectivity index (χ1) is 9.75. The molecule has 0 radical (unpaired) electrons. The topological polar surface area (TPSA) is 68.7 Å². The second kappa shape index (κ2) is 5.46. The van der Waals surface area contributed by atoms with Gasteiger partial charge >= 0.3 is 5.97 Å². The summed E-state index contributed by atoms with van der Waals surface area (Å²) in [4.78, 5) is 15.8. The maximum absolute atomic E-state index is 11.5. The Labute approximate surface area is 116 Å². The molecule has 1 aromatic heterocycles. The first-order valence-electron chi connectivity index (χ1n) is 6.61. The second-order valence-electron chi connectivity index (χ2n) is 4.75. The minimum atomic E-state index is -0.995. The summed E-state index contributed by atoms with van der Waals surface area (Å²) in [6.45, 7) is 1.29. The molecule has 1 saturated heterocycles. The number of ether oxygens (including phenoxy) is 2. The number of pyridine rings is 1. The Morgan fingerprint density at radius 3 is 2.80 bits per heavy atom. The molecule has 0 aliphatic carbocycles. The highest BCUT2D eigenvalue weighted by atomic mass is 16.5. The fourth-order valence-corrected chi connectivity index (χ4v) is 2.41. The summed E-state index contributed by atoms with van der Waals surface area (Å²) < 4.78 is 11.1. The third-order valence-electron chi connectivity index (χ3n) is 3.42. The number of rotatable bonds is 3. The van der Waals surface area contributed by atoms with Crippen molar-refractivity contribution in [2.75, 3.05) is 13.2 Å². The van der Waals surface area contributed by atoms with Crippen LogP contribution in [0.1, 0.15) is 23.2 Å². The van der Waals surface area contributed by atoms with E-state index in [1.165, 1.54) is 6.20 Å². The molecular weight excluding hydrogens is 258 g/mol. The predicted molar refractivity (Wildman–Crippen MR) is 73.2 cm³/mol. The summed E-state index contributed by atoms with van der Waals surface area (Å²) in [5.41, 5.74) is 0.839. The number of hydrogen-bond donors (Lipinski definition) is 1. The molecule has 0 saturated carbocycles. The van der Waals surface area contributed by atoms with Gasteiger partial charge in [-0.05, 0) is 6.07 Å². The van der Waals surface area contributed by atoms with Gasteiger partial charge in [-0.3, -0.25) is 4.98 Å².